The van der Waals surface area contributed by atoms with Crippen molar-refractivity contribution >= 4 is 17.5 Å². The van der Waals surface area contributed by atoms with Crippen LogP contribution in [0.3, 0.4) is 0 Å². The van der Waals surface area contributed by atoms with E-state index in [0.29, 0.717) is 5.92 Å². The lowest BCUT2D eigenvalue weighted by Crippen LogP contribution is -2.45. The van der Waals surface area contributed by atoms with Gasteiger partial charge in [-0.1, -0.05) is 12.8 Å². The monoisotopic (exact) mass is 241 g/mol. The molecule has 0 radical (unpaired) electrons. The molecule has 90 valence electrons. The van der Waals surface area contributed by atoms with E-state index in [1.54, 1.807) is 0 Å². The Morgan fingerprint density at radius 1 is 1.06 bits per heavy atom. The molecule has 4 atom stereocenters. The van der Waals surface area contributed by atoms with Gasteiger partial charge in [0, 0.05) is 12.0 Å². The number of halogens is 1. The van der Waals surface area contributed by atoms with Gasteiger partial charge in [0.25, 0.3) is 0 Å². The number of carbonyl (C=O) groups is 1. The summed E-state index contributed by atoms with van der Waals surface area (Å²) in [6.07, 6.45) is 8.21. The summed E-state index contributed by atoms with van der Waals surface area (Å²) < 4.78 is 0. The maximum absolute atomic E-state index is 12.1. The van der Waals surface area contributed by atoms with Crippen molar-refractivity contribution in [2.45, 2.75) is 56.4 Å². The number of hydrogen-bond donors (Lipinski definition) is 1. The second-order valence-electron chi connectivity index (χ2n) is 5.84. The first-order chi connectivity index (χ1) is 7.74. The lowest BCUT2D eigenvalue weighted by atomic mass is 9.93. The number of carbonyl (C=O) groups excluding carboxylic acids is 1. The number of alkyl halides is 1. The fourth-order valence-electron chi connectivity index (χ4n) is 3.48. The van der Waals surface area contributed by atoms with Gasteiger partial charge in [0.15, 0.2) is 0 Å². The summed E-state index contributed by atoms with van der Waals surface area (Å²) in [6.45, 7) is 0. The molecule has 3 fully saturated rings. The molecule has 3 rings (SSSR count). The van der Waals surface area contributed by atoms with E-state index in [9.17, 15) is 4.79 Å². The molecule has 0 spiro atoms. The molecule has 0 heterocycles. The van der Waals surface area contributed by atoms with Gasteiger partial charge in [-0.05, 0) is 43.9 Å². The summed E-state index contributed by atoms with van der Waals surface area (Å²) in [5.74, 6) is 2.35. The van der Waals surface area contributed by atoms with Crippen LogP contribution in [0.15, 0.2) is 0 Å². The van der Waals surface area contributed by atoms with Crippen LogP contribution in [-0.2, 0) is 4.79 Å². The summed E-state index contributed by atoms with van der Waals surface area (Å²) >= 11 is 6.26. The second kappa shape index (κ2) is 4.21. The zero-order chi connectivity index (χ0) is 11.1. The number of fused-ring (bicyclic) bond motifs is 1. The van der Waals surface area contributed by atoms with E-state index >= 15 is 0 Å². The van der Waals surface area contributed by atoms with Crippen molar-refractivity contribution < 1.29 is 4.79 Å². The van der Waals surface area contributed by atoms with Crippen molar-refractivity contribution in [3.8, 4) is 0 Å². The SMILES string of the molecule is O=C(NC1CCCCC1Cl)C1CC2CC2C1. The van der Waals surface area contributed by atoms with Crippen molar-refractivity contribution in [3.05, 3.63) is 0 Å². The zero-order valence-corrected chi connectivity index (χ0v) is 10.4. The van der Waals surface area contributed by atoms with E-state index in [-0.39, 0.29) is 17.3 Å². The van der Waals surface area contributed by atoms with Crippen LogP contribution in [0.5, 0.6) is 0 Å². The van der Waals surface area contributed by atoms with Gasteiger partial charge < -0.3 is 5.32 Å². The minimum absolute atomic E-state index is 0.161. The molecule has 3 aliphatic rings. The third kappa shape index (κ3) is 2.09. The van der Waals surface area contributed by atoms with Crippen LogP contribution in [0.2, 0.25) is 0 Å². The van der Waals surface area contributed by atoms with Crippen molar-refractivity contribution in [1.82, 2.24) is 5.32 Å². The number of nitrogens with one attached hydrogen (secondary N) is 1. The maximum atomic E-state index is 12.1. The van der Waals surface area contributed by atoms with Gasteiger partial charge in [-0.15, -0.1) is 11.6 Å². The fourth-order valence-corrected chi connectivity index (χ4v) is 3.82. The smallest absolute Gasteiger partial charge is 0.223 e. The van der Waals surface area contributed by atoms with Gasteiger partial charge in [-0.3, -0.25) is 4.79 Å². The van der Waals surface area contributed by atoms with Crippen molar-refractivity contribution in [3.63, 3.8) is 0 Å². The standard InChI is InChI=1S/C13H20ClNO/c14-11-3-1-2-4-12(11)15-13(16)10-6-8-5-9(8)7-10/h8-12H,1-7H2,(H,15,16). The van der Waals surface area contributed by atoms with E-state index in [2.05, 4.69) is 5.32 Å². The topological polar surface area (TPSA) is 29.1 Å². The largest absolute Gasteiger partial charge is 0.352 e. The molecule has 16 heavy (non-hydrogen) atoms. The minimum Gasteiger partial charge on any atom is -0.352 e. The molecule has 2 nitrogen and oxygen atoms in total. The molecule has 0 aliphatic heterocycles. The van der Waals surface area contributed by atoms with E-state index in [0.717, 1.165) is 37.5 Å². The number of hydrogen-bond acceptors (Lipinski definition) is 1. The van der Waals surface area contributed by atoms with Gasteiger partial charge >= 0.3 is 0 Å². The Bertz CT molecular complexity index is 284. The molecular weight excluding hydrogens is 222 g/mol. The zero-order valence-electron chi connectivity index (χ0n) is 9.62. The highest BCUT2D eigenvalue weighted by Gasteiger charge is 2.48. The molecule has 1 amide bonds. The summed E-state index contributed by atoms with van der Waals surface area (Å²) in [5.41, 5.74) is 0. The summed E-state index contributed by atoms with van der Waals surface area (Å²) in [5, 5.41) is 3.34. The van der Waals surface area contributed by atoms with Crippen LogP contribution in [-0.4, -0.2) is 17.3 Å². The third-order valence-electron chi connectivity index (χ3n) is 4.62. The Hall–Kier alpha value is -0.240. The highest BCUT2D eigenvalue weighted by molar-refractivity contribution is 6.21. The summed E-state index contributed by atoms with van der Waals surface area (Å²) in [6, 6.07) is 0.236. The first-order valence-corrected chi connectivity index (χ1v) is 7.12. The minimum atomic E-state index is 0.161. The van der Waals surface area contributed by atoms with Crippen LogP contribution < -0.4 is 5.32 Å². The van der Waals surface area contributed by atoms with Crippen LogP contribution >= 0.6 is 11.6 Å². The number of amides is 1. The normalized spacial score (nSPS) is 46.2. The third-order valence-corrected chi connectivity index (χ3v) is 5.15. The summed E-state index contributed by atoms with van der Waals surface area (Å²) in [4.78, 5) is 12.1. The Balaban J connectivity index is 1.51. The van der Waals surface area contributed by atoms with Gasteiger partial charge in [0.05, 0.1) is 5.38 Å². The van der Waals surface area contributed by atoms with Crippen LogP contribution in [0.1, 0.15) is 44.9 Å². The Kier molecular flexibility index (Phi) is 2.87. The van der Waals surface area contributed by atoms with Gasteiger partial charge in [0.2, 0.25) is 5.91 Å². The van der Waals surface area contributed by atoms with E-state index in [1.165, 1.54) is 19.3 Å². The first-order valence-electron chi connectivity index (χ1n) is 6.68. The molecule has 4 unspecified atom stereocenters. The highest BCUT2D eigenvalue weighted by atomic mass is 35.5. The molecule has 1 N–H and O–H groups in total. The lowest BCUT2D eigenvalue weighted by molar-refractivity contribution is -0.126. The molecule has 0 bridgehead atoms. The predicted molar refractivity (Wildman–Crippen MR) is 64.4 cm³/mol. The van der Waals surface area contributed by atoms with E-state index in [4.69, 9.17) is 11.6 Å². The molecule has 3 saturated carbocycles. The number of rotatable bonds is 2. The van der Waals surface area contributed by atoms with Crippen LogP contribution in [0.25, 0.3) is 0 Å². The molecule has 0 aromatic heterocycles. The Morgan fingerprint density at radius 2 is 1.75 bits per heavy atom. The summed E-state index contributed by atoms with van der Waals surface area (Å²) in [7, 11) is 0. The van der Waals surface area contributed by atoms with Crippen LogP contribution in [0.4, 0.5) is 0 Å². The average Bonchev–Trinajstić information content (AvgIpc) is 2.89. The molecule has 0 aromatic carbocycles. The van der Waals surface area contributed by atoms with Gasteiger partial charge in [0.1, 0.15) is 0 Å². The van der Waals surface area contributed by atoms with E-state index < -0.39 is 0 Å². The highest BCUT2D eigenvalue weighted by Crippen LogP contribution is 2.54. The lowest BCUT2D eigenvalue weighted by Gasteiger charge is -2.29. The van der Waals surface area contributed by atoms with Crippen molar-refractivity contribution in [2.75, 3.05) is 0 Å². The quantitative estimate of drug-likeness (QED) is 0.740. The van der Waals surface area contributed by atoms with Gasteiger partial charge in [-0.25, -0.2) is 0 Å². The Labute approximate surface area is 102 Å². The molecule has 3 heteroatoms. The molecule has 3 aliphatic carbocycles. The maximum Gasteiger partial charge on any atom is 0.223 e. The fraction of sp³-hybridized carbons (Fsp3) is 0.923. The van der Waals surface area contributed by atoms with Crippen molar-refractivity contribution in [2.24, 2.45) is 17.8 Å². The van der Waals surface area contributed by atoms with E-state index in [1.807, 2.05) is 0 Å². The first kappa shape index (κ1) is 10.9. The predicted octanol–water partition coefficient (Wildman–Crippen LogP) is 2.70. The average molecular weight is 242 g/mol. The Morgan fingerprint density at radius 3 is 2.44 bits per heavy atom. The molecule has 0 saturated heterocycles. The molecular formula is C13H20ClNO. The van der Waals surface area contributed by atoms with Crippen LogP contribution in [0, 0.1) is 17.8 Å². The second-order valence-corrected chi connectivity index (χ2v) is 6.40. The van der Waals surface area contributed by atoms with Gasteiger partial charge in [-0.2, -0.15) is 0 Å². The van der Waals surface area contributed by atoms with Crippen molar-refractivity contribution in [1.29, 1.82) is 0 Å². The molecule has 0 aromatic rings.